The fourth-order valence-electron chi connectivity index (χ4n) is 2.06. The standard InChI is InChI=1S/C14H20N2O3/c1-12(2,3)19-11(17)14(5)13(4,15-9-16-14)10-7-6-8-18-10/h6-9H,1-5H3,(H,15,16)/t13-,14+/m1/s1. The highest BCUT2D eigenvalue weighted by Crippen LogP contribution is 2.40. The summed E-state index contributed by atoms with van der Waals surface area (Å²) in [6.45, 7) is 9.15. The minimum atomic E-state index is -0.988. The molecule has 2 atom stereocenters. The maximum absolute atomic E-state index is 12.5. The van der Waals surface area contributed by atoms with E-state index in [1.54, 1.807) is 19.3 Å². The summed E-state index contributed by atoms with van der Waals surface area (Å²) in [4.78, 5) is 16.9. The van der Waals surface area contributed by atoms with Crippen LogP contribution in [0.2, 0.25) is 0 Å². The van der Waals surface area contributed by atoms with Crippen molar-refractivity contribution in [3.8, 4) is 0 Å². The maximum atomic E-state index is 12.5. The second-order valence-corrected chi connectivity index (χ2v) is 6.08. The van der Waals surface area contributed by atoms with Gasteiger partial charge in [0.05, 0.1) is 12.6 Å². The lowest BCUT2D eigenvalue weighted by molar-refractivity contribution is -0.164. The summed E-state index contributed by atoms with van der Waals surface area (Å²) in [6.07, 6.45) is 3.11. The quantitative estimate of drug-likeness (QED) is 0.832. The Bertz CT molecular complexity index is 501. The summed E-state index contributed by atoms with van der Waals surface area (Å²) >= 11 is 0. The molecule has 5 heteroatoms. The largest absolute Gasteiger partial charge is 0.467 e. The highest BCUT2D eigenvalue weighted by Gasteiger charge is 2.57. The molecular formula is C14H20N2O3. The Morgan fingerprint density at radius 2 is 2.11 bits per heavy atom. The smallest absolute Gasteiger partial charge is 0.335 e. The van der Waals surface area contributed by atoms with Gasteiger partial charge in [0.1, 0.15) is 11.4 Å². The zero-order valence-electron chi connectivity index (χ0n) is 12.0. The monoisotopic (exact) mass is 264 g/mol. The van der Waals surface area contributed by atoms with Crippen LogP contribution in [0.25, 0.3) is 0 Å². The molecule has 0 spiro atoms. The van der Waals surface area contributed by atoms with Gasteiger partial charge in [-0.25, -0.2) is 4.79 Å². The Morgan fingerprint density at radius 1 is 1.42 bits per heavy atom. The molecule has 1 aromatic heterocycles. The Morgan fingerprint density at radius 3 is 2.63 bits per heavy atom. The van der Waals surface area contributed by atoms with Crippen LogP contribution in [0, 0.1) is 0 Å². The van der Waals surface area contributed by atoms with E-state index in [1.165, 1.54) is 6.34 Å². The average molecular weight is 264 g/mol. The molecule has 0 aromatic carbocycles. The number of hydrogen-bond donors (Lipinski definition) is 1. The van der Waals surface area contributed by atoms with Gasteiger partial charge in [0, 0.05) is 0 Å². The third-order valence-electron chi connectivity index (χ3n) is 3.46. The van der Waals surface area contributed by atoms with Crippen molar-refractivity contribution in [2.45, 2.75) is 51.3 Å². The molecule has 0 bridgehead atoms. The molecule has 0 radical (unpaired) electrons. The van der Waals surface area contributed by atoms with Gasteiger partial charge in [0.15, 0.2) is 11.1 Å². The maximum Gasteiger partial charge on any atom is 0.335 e. The van der Waals surface area contributed by atoms with Crippen molar-refractivity contribution in [2.24, 2.45) is 4.99 Å². The topological polar surface area (TPSA) is 63.8 Å². The van der Waals surface area contributed by atoms with Gasteiger partial charge in [0.2, 0.25) is 0 Å². The highest BCUT2D eigenvalue weighted by molar-refractivity contribution is 5.88. The normalized spacial score (nSPS) is 30.2. The van der Waals surface area contributed by atoms with Gasteiger partial charge in [0.25, 0.3) is 0 Å². The van der Waals surface area contributed by atoms with E-state index in [-0.39, 0.29) is 5.97 Å². The summed E-state index contributed by atoms with van der Waals surface area (Å²) in [5.74, 6) is 0.276. The number of hydrogen-bond acceptors (Lipinski definition) is 5. The van der Waals surface area contributed by atoms with Gasteiger partial charge in [-0.2, -0.15) is 0 Å². The fourth-order valence-corrected chi connectivity index (χ4v) is 2.06. The lowest BCUT2D eigenvalue weighted by Crippen LogP contribution is -2.59. The van der Waals surface area contributed by atoms with Crippen LogP contribution >= 0.6 is 0 Å². The molecule has 0 fully saturated rings. The van der Waals surface area contributed by atoms with Gasteiger partial charge in [-0.05, 0) is 46.8 Å². The third-order valence-corrected chi connectivity index (χ3v) is 3.46. The molecule has 2 heterocycles. The van der Waals surface area contributed by atoms with Gasteiger partial charge < -0.3 is 14.5 Å². The van der Waals surface area contributed by atoms with Crippen molar-refractivity contribution < 1.29 is 13.9 Å². The van der Waals surface area contributed by atoms with Crippen LogP contribution in [0.4, 0.5) is 0 Å². The highest BCUT2D eigenvalue weighted by atomic mass is 16.6. The number of nitrogens with one attached hydrogen (secondary N) is 1. The van der Waals surface area contributed by atoms with E-state index in [4.69, 9.17) is 9.15 Å². The number of furan rings is 1. The number of carbonyl (C=O) groups is 1. The lowest BCUT2D eigenvalue weighted by Gasteiger charge is -2.37. The van der Waals surface area contributed by atoms with Gasteiger partial charge >= 0.3 is 5.97 Å². The molecule has 104 valence electrons. The lowest BCUT2D eigenvalue weighted by atomic mass is 9.79. The molecule has 1 aliphatic rings. The second-order valence-electron chi connectivity index (χ2n) is 6.08. The van der Waals surface area contributed by atoms with E-state index in [2.05, 4.69) is 10.3 Å². The van der Waals surface area contributed by atoms with Crippen molar-refractivity contribution in [2.75, 3.05) is 0 Å². The molecule has 0 amide bonds. The van der Waals surface area contributed by atoms with E-state index >= 15 is 0 Å². The Kier molecular flexibility index (Phi) is 2.96. The first-order valence-corrected chi connectivity index (χ1v) is 6.28. The molecule has 0 saturated heterocycles. The number of aliphatic imine (C=N–C) groups is 1. The molecule has 1 aliphatic heterocycles. The summed E-state index contributed by atoms with van der Waals surface area (Å²) in [6, 6.07) is 3.59. The molecule has 0 saturated carbocycles. The predicted molar refractivity (Wildman–Crippen MR) is 71.9 cm³/mol. The second kappa shape index (κ2) is 4.11. The van der Waals surface area contributed by atoms with Crippen LogP contribution in [0.15, 0.2) is 27.8 Å². The van der Waals surface area contributed by atoms with Crippen molar-refractivity contribution in [1.82, 2.24) is 5.32 Å². The number of ether oxygens (including phenoxy) is 1. The fraction of sp³-hybridized carbons (Fsp3) is 0.571. The van der Waals surface area contributed by atoms with Crippen molar-refractivity contribution in [3.05, 3.63) is 24.2 Å². The number of rotatable bonds is 2. The van der Waals surface area contributed by atoms with E-state index < -0.39 is 16.7 Å². The molecule has 5 nitrogen and oxygen atoms in total. The Balaban J connectivity index is 2.35. The summed E-state index contributed by atoms with van der Waals surface area (Å²) in [5, 5.41) is 3.01. The van der Waals surface area contributed by atoms with Crippen LogP contribution in [-0.4, -0.2) is 23.4 Å². The van der Waals surface area contributed by atoms with Gasteiger partial charge in [-0.15, -0.1) is 0 Å². The zero-order chi connectivity index (χ0) is 14.3. The molecular weight excluding hydrogens is 244 g/mol. The summed E-state index contributed by atoms with van der Waals surface area (Å²) in [7, 11) is 0. The van der Waals surface area contributed by atoms with Crippen molar-refractivity contribution >= 4 is 12.3 Å². The Labute approximate surface area is 113 Å². The van der Waals surface area contributed by atoms with Crippen LogP contribution in [-0.2, 0) is 15.1 Å². The van der Waals surface area contributed by atoms with Gasteiger partial charge in [-0.1, -0.05) is 0 Å². The minimum absolute atomic E-state index is 0.351. The molecule has 2 rings (SSSR count). The van der Waals surface area contributed by atoms with E-state index in [9.17, 15) is 4.79 Å². The Hall–Kier alpha value is -1.78. The van der Waals surface area contributed by atoms with E-state index in [0.29, 0.717) is 5.76 Å². The van der Waals surface area contributed by atoms with Crippen LogP contribution in [0.3, 0.4) is 0 Å². The summed E-state index contributed by atoms with van der Waals surface area (Å²) < 4.78 is 10.9. The zero-order valence-corrected chi connectivity index (χ0v) is 12.0. The van der Waals surface area contributed by atoms with Gasteiger partial charge in [-0.3, -0.25) is 4.99 Å². The predicted octanol–water partition coefficient (Wildman–Crippen LogP) is 2.23. The van der Waals surface area contributed by atoms with Crippen molar-refractivity contribution in [3.63, 3.8) is 0 Å². The number of esters is 1. The first kappa shape index (κ1) is 13.6. The first-order valence-electron chi connectivity index (χ1n) is 6.28. The molecule has 1 aromatic rings. The molecule has 1 N–H and O–H groups in total. The number of nitrogens with zero attached hydrogens (tertiary/aromatic N) is 1. The van der Waals surface area contributed by atoms with Crippen LogP contribution < -0.4 is 5.32 Å². The van der Waals surface area contributed by atoms with Crippen molar-refractivity contribution in [1.29, 1.82) is 0 Å². The first-order chi connectivity index (χ1) is 8.69. The SMILES string of the molecule is CC(C)(C)OC(=O)[C@]1(C)NC=N[C@]1(C)c1ccco1. The van der Waals surface area contributed by atoms with Crippen LogP contribution in [0.5, 0.6) is 0 Å². The summed E-state index contributed by atoms with van der Waals surface area (Å²) in [5.41, 5.74) is -2.36. The van der Waals surface area contributed by atoms with E-state index in [1.807, 2.05) is 33.8 Å². The molecule has 0 aliphatic carbocycles. The average Bonchev–Trinajstić information content (AvgIpc) is 2.87. The minimum Gasteiger partial charge on any atom is -0.467 e. The molecule has 19 heavy (non-hydrogen) atoms. The third kappa shape index (κ3) is 2.13. The van der Waals surface area contributed by atoms with E-state index in [0.717, 1.165) is 0 Å². The molecule has 0 unspecified atom stereocenters. The van der Waals surface area contributed by atoms with Crippen LogP contribution in [0.1, 0.15) is 40.4 Å². The number of carbonyl (C=O) groups excluding carboxylic acids is 1.